The fourth-order valence-electron chi connectivity index (χ4n) is 3.86. The molecule has 1 amide bonds. The molecule has 1 fully saturated rings. The number of carbonyl (C=O) groups excluding carboxylic acids is 1. The molecule has 1 heterocycles. The number of halogens is 1. The average molecular weight is 549 g/mol. The lowest BCUT2D eigenvalue weighted by Crippen LogP contribution is -2.42. The Kier molecular flexibility index (Phi) is 11.6. The standard InChI is InChI=1S/C26H36N4O.HI/c1-3-27-26(29-21(2)12-13-22-10-6-4-7-11-22)28-20-23-14-16-24(17-15-23)25(31)30-18-8-5-9-19-30;/h4,6-7,10-11,14-17,21H,3,5,8-9,12-13,18-20H2,1-2H3,(H2,27,28,29);1H. The van der Waals surface area contributed by atoms with Gasteiger partial charge in [0.2, 0.25) is 0 Å². The van der Waals surface area contributed by atoms with Crippen LogP contribution >= 0.6 is 24.0 Å². The molecule has 0 aliphatic carbocycles. The minimum Gasteiger partial charge on any atom is -0.357 e. The summed E-state index contributed by atoms with van der Waals surface area (Å²) in [6.07, 6.45) is 5.54. The van der Waals surface area contributed by atoms with Gasteiger partial charge in [-0.2, -0.15) is 0 Å². The Morgan fingerprint density at radius 1 is 1.00 bits per heavy atom. The molecule has 5 nitrogen and oxygen atoms in total. The smallest absolute Gasteiger partial charge is 0.253 e. The number of hydrogen-bond donors (Lipinski definition) is 2. The predicted octanol–water partition coefficient (Wildman–Crippen LogP) is 5.01. The van der Waals surface area contributed by atoms with Gasteiger partial charge in [-0.25, -0.2) is 4.99 Å². The number of nitrogens with one attached hydrogen (secondary N) is 2. The molecule has 1 saturated heterocycles. The minimum absolute atomic E-state index is 0. The molecule has 1 aliphatic rings. The van der Waals surface area contributed by atoms with Crippen LogP contribution in [0, 0.1) is 0 Å². The molecule has 1 aliphatic heterocycles. The van der Waals surface area contributed by atoms with Gasteiger partial charge < -0.3 is 15.5 Å². The van der Waals surface area contributed by atoms with Gasteiger partial charge in [0, 0.05) is 31.2 Å². The highest BCUT2D eigenvalue weighted by molar-refractivity contribution is 14.0. The average Bonchev–Trinajstić information content (AvgIpc) is 2.82. The number of carbonyl (C=O) groups is 1. The molecule has 0 radical (unpaired) electrons. The molecule has 0 aromatic heterocycles. The van der Waals surface area contributed by atoms with E-state index < -0.39 is 0 Å². The summed E-state index contributed by atoms with van der Waals surface area (Å²) < 4.78 is 0. The van der Waals surface area contributed by atoms with Crippen LogP contribution in [0.5, 0.6) is 0 Å². The fourth-order valence-corrected chi connectivity index (χ4v) is 3.86. The molecule has 6 heteroatoms. The van der Waals surface area contributed by atoms with Gasteiger partial charge in [-0.1, -0.05) is 42.5 Å². The van der Waals surface area contributed by atoms with Gasteiger partial charge in [-0.3, -0.25) is 4.79 Å². The summed E-state index contributed by atoms with van der Waals surface area (Å²) in [5.74, 6) is 0.980. The Labute approximate surface area is 210 Å². The zero-order valence-electron chi connectivity index (χ0n) is 19.3. The molecule has 1 unspecified atom stereocenters. The molecule has 1 atom stereocenters. The molecular formula is C26H37IN4O. The van der Waals surface area contributed by atoms with E-state index >= 15 is 0 Å². The topological polar surface area (TPSA) is 56.7 Å². The van der Waals surface area contributed by atoms with Crippen LogP contribution in [0.1, 0.15) is 61.0 Å². The van der Waals surface area contributed by atoms with E-state index in [1.807, 2.05) is 29.2 Å². The molecule has 3 rings (SSSR count). The van der Waals surface area contributed by atoms with Gasteiger partial charge >= 0.3 is 0 Å². The first-order valence-corrected chi connectivity index (χ1v) is 11.6. The zero-order valence-corrected chi connectivity index (χ0v) is 21.7. The normalized spacial score (nSPS) is 14.9. The fraction of sp³-hybridized carbons (Fsp3) is 0.462. The van der Waals surface area contributed by atoms with E-state index in [2.05, 4.69) is 54.8 Å². The molecule has 2 aromatic carbocycles. The first kappa shape index (κ1) is 26.2. The molecular weight excluding hydrogens is 511 g/mol. The quantitative estimate of drug-likeness (QED) is 0.277. The number of likely N-dealkylation sites (tertiary alicyclic amines) is 1. The van der Waals surface area contributed by atoms with Crippen molar-refractivity contribution in [2.75, 3.05) is 19.6 Å². The summed E-state index contributed by atoms with van der Waals surface area (Å²) in [6, 6.07) is 18.8. The number of aliphatic imine (C=N–C) groups is 1. The SMILES string of the molecule is CCNC(=NCc1ccc(C(=O)N2CCCCC2)cc1)NC(C)CCc1ccccc1.I. The molecule has 174 valence electrons. The Morgan fingerprint density at radius 3 is 2.34 bits per heavy atom. The lowest BCUT2D eigenvalue weighted by atomic mass is 10.1. The lowest BCUT2D eigenvalue weighted by Gasteiger charge is -2.26. The van der Waals surface area contributed by atoms with Gasteiger partial charge in [0.15, 0.2) is 5.96 Å². The van der Waals surface area contributed by atoms with Crippen LogP contribution in [-0.2, 0) is 13.0 Å². The van der Waals surface area contributed by atoms with Crippen LogP contribution in [-0.4, -0.2) is 42.4 Å². The summed E-state index contributed by atoms with van der Waals surface area (Å²) in [6.45, 7) is 7.43. The van der Waals surface area contributed by atoms with Gasteiger partial charge in [-0.05, 0) is 69.2 Å². The third-order valence-corrected chi connectivity index (χ3v) is 5.70. The van der Waals surface area contributed by atoms with Crippen molar-refractivity contribution in [1.82, 2.24) is 15.5 Å². The predicted molar refractivity (Wildman–Crippen MR) is 144 cm³/mol. The van der Waals surface area contributed by atoms with E-state index in [9.17, 15) is 4.79 Å². The number of piperidine rings is 1. The summed E-state index contributed by atoms with van der Waals surface area (Å²) in [4.78, 5) is 19.3. The number of hydrogen-bond acceptors (Lipinski definition) is 2. The summed E-state index contributed by atoms with van der Waals surface area (Å²) in [7, 11) is 0. The highest BCUT2D eigenvalue weighted by Gasteiger charge is 2.17. The van der Waals surface area contributed by atoms with Crippen LogP contribution in [0.2, 0.25) is 0 Å². The zero-order chi connectivity index (χ0) is 21.9. The van der Waals surface area contributed by atoms with Crippen molar-refractivity contribution in [1.29, 1.82) is 0 Å². The minimum atomic E-state index is 0. The largest absolute Gasteiger partial charge is 0.357 e. The van der Waals surface area contributed by atoms with Crippen molar-refractivity contribution >= 4 is 35.8 Å². The highest BCUT2D eigenvalue weighted by Crippen LogP contribution is 2.14. The first-order chi connectivity index (χ1) is 15.2. The molecule has 0 bridgehead atoms. The second kappa shape index (κ2) is 14.1. The number of amides is 1. The van der Waals surface area contributed by atoms with Crippen molar-refractivity contribution in [2.45, 2.75) is 58.5 Å². The van der Waals surface area contributed by atoms with E-state index in [-0.39, 0.29) is 29.9 Å². The van der Waals surface area contributed by atoms with Crippen LogP contribution in [0.15, 0.2) is 59.6 Å². The maximum absolute atomic E-state index is 12.6. The lowest BCUT2D eigenvalue weighted by molar-refractivity contribution is 0.0724. The van der Waals surface area contributed by atoms with E-state index in [0.29, 0.717) is 12.6 Å². The van der Waals surface area contributed by atoms with Crippen LogP contribution in [0.4, 0.5) is 0 Å². The molecule has 0 saturated carbocycles. The number of nitrogens with zero attached hydrogens (tertiary/aromatic N) is 2. The Morgan fingerprint density at radius 2 is 1.69 bits per heavy atom. The molecule has 2 aromatic rings. The summed E-state index contributed by atoms with van der Waals surface area (Å²) in [5, 5.41) is 6.84. The van der Waals surface area contributed by atoms with Crippen molar-refractivity contribution in [2.24, 2.45) is 4.99 Å². The van der Waals surface area contributed by atoms with Gasteiger partial charge in [0.1, 0.15) is 0 Å². The number of rotatable bonds is 8. The van der Waals surface area contributed by atoms with Crippen LogP contribution in [0.3, 0.4) is 0 Å². The molecule has 32 heavy (non-hydrogen) atoms. The second-order valence-corrected chi connectivity index (χ2v) is 8.31. The van der Waals surface area contributed by atoms with Gasteiger partial charge in [0.05, 0.1) is 6.54 Å². The first-order valence-electron chi connectivity index (χ1n) is 11.6. The Hall–Kier alpha value is -2.09. The Balaban J connectivity index is 0.00000363. The van der Waals surface area contributed by atoms with Crippen LogP contribution in [0.25, 0.3) is 0 Å². The molecule has 0 spiro atoms. The van der Waals surface area contributed by atoms with E-state index in [1.165, 1.54) is 12.0 Å². The third kappa shape index (κ3) is 8.45. The van der Waals surface area contributed by atoms with E-state index in [4.69, 9.17) is 4.99 Å². The van der Waals surface area contributed by atoms with E-state index in [0.717, 1.165) is 62.4 Å². The van der Waals surface area contributed by atoms with Crippen LogP contribution < -0.4 is 10.6 Å². The monoisotopic (exact) mass is 548 g/mol. The third-order valence-electron chi connectivity index (χ3n) is 5.70. The van der Waals surface area contributed by atoms with Crippen molar-refractivity contribution in [3.05, 3.63) is 71.3 Å². The summed E-state index contributed by atoms with van der Waals surface area (Å²) in [5.41, 5.74) is 3.23. The van der Waals surface area contributed by atoms with Crippen molar-refractivity contribution in [3.63, 3.8) is 0 Å². The second-order valence-electron chi connectivity index (χ2n) is 8.31. The van der Waals surface area contributed by atoms with Gasteiger partial charge in [-0.15, -0.1) is 24.0 Å². The molecule has 2 N–H and O–H groups in total. The van der Waals surface area contributed by atoms with Crippen molar-refractivity contribution in [3.8, 4) is 0 Å². The number of benzene rings is 2. The maximum atomic E-state index is 12.6. The number of guanidine groups is 1. The summed E-state index contributed by atoms with van der Waals surface area (Å²) >= 11 is 0. The van der Waals surface area contributed by atoms with Crippen molar-refractivity contribution < 1.29 is 4.79 Å². The Bertz CT molecular complexity index is 833. The van der Waals surface area contributed by atoms with Gasteiger partial charge in [0.25, 0.3) is 5.91 Å². The van der Waals surface area contributed by atoms with E-state index in [1.54, 1.807) is 0 Å². The maximum Gasteiger partial charge on any atom is 0.253 e. The highest BCUT2D eigenvalue weighted by atomic mass is 127. The number of aryl methyl sites for hydroxylation is 1.